The zero-order valence-electron chi connectivity index (χ0n) is 13.5. The fourth-order valence-corrected chi connectivity index (χ4v) is 2.78. The van der Waals surface area contributed by atoms with Gasteiger partial charge < -0.3 is 5.73 Å². The molecule has 2 rings (SSSR count). The fourth-order valence-electron chi connectivity index (χ4n) is 2.78. The molecule has 0 spiro atoms. The molecule has 0 fully saturated rings. The van der Waals surface area contributed by atoms with Crippen LogP contribution < -0.4 is 5.73 Å². The molecule has 0 heterocycles. The van der Waals surface area contributed by atoms with Crippen LogP contribution in [-0.2, 0) is 12.8 Å². The summed E-state index contributed by atoms with van der Waals surface area (Å²) in [7, 11) is 0. The second-order valence-corrected chi connectivity index (χ2v) is 6.40. The first-order valence-corrected chi connectivity index (χ1v) is 7.93. The van der Waals surface area contributed by atoms with Crippen LogP contribution in [0.25, 0.3) is 0 Å². The Bertz CT molecular complexity index is 554. The molecule has 0 amide bonds. The molecule has 0 radical (unpaired) electrons. The van der Waals surface area contributed by atoms with Crippen molar-refractivity contribution in [1.29, 1.82) is 0 Å². The van der Waals surface area contributed by atoms with Crippen molar-refractivity contribution in [2.75, 3.05) is 6.54 Å². The number of hydrogen-bond donors (Lipinski definition) is 1. The third-order valence-electron chi connectivity index (χ3n) is 4.11. The molecule has 2 aromatic rings. The van der Waals surface area contributed by atoms with Crippen molar-refractivity contribution < 1.29 is 0 Å². The SMILES string of the molecule is Cc1cccc(CC(CN)Cc2ccc(C(C)C)cc2)c1. The minimum atomic E-state index is 0.511. The van der Waals surface area contributed by atoms with Gasteiger partial charge in [-0.2, -0.15) is 0 Å². The summed E-state index contributed by atoms with van der Waals surface area (Å²) in [5.74, 6) is 1.10. The number of aryl methyl sites for hydroxylation is 1. The average Bonchev–Trinajstić information content (AvgIpc) is 2.47. The molecule has 0 aliphatic rings. The van der Waals surface area contributed by atoms with Crippen molar-refractivity contribution in [2.45, 2.75) is 39.5 Å². The number of rotatable bonds is 6. The van der Waals surface area contributed by atoms with E-state index in [0.717, 1.165) is 19.4 Å². The van der Waals surface area contributed by atoms with Crippen LogP contribution in [0.15, 0.2) is 48.5 Å². The Morgan fingerprint density at radius 3 is 2.14 bits per heavy atom. The first kappa shape index (κ1) is 15.8. The highest BCUT2D eigenvalue weighted by molar-refractivity contribution is 5.26. The molecule has 0 bridgehead atoms. The lowest BCUT2D eigenvalue weighted by Gasteiger charge is -2.16. The van der Waals surface area contributed by atoms with Crippen molar-refractivity contribution in [2.24, 2.45) is 11.7 Å². The largest absolute Gasteiger partial charge is 0.330 e. The smallest absolute Gasteiger partial charge is 0.00425 e. The van der Waals surface area contributed by atoms with Gasteiger partial charge in [-0.15, -0.1) is 0 Å². The molecular weight excluding hydrogens is 254 g/mol. The number of nitrogens with two attached hydrogens (primary N) is 1. The number of benzene rings is 2. The van der Waals surface area contributed by atoms with Gasteiger partial charge in [0.25, 0.3) is 0 Å². The van der Waals surface area contributed by atoms with E-state index in [1.807, 2.05) is 0 Å². The molecule has 0 aliphatic heterocycles. The summed E-state index contributed by atoms with van der Waals surface area (Å²) in [5, 5.41) is 0. The fraction of sp³-hybridized carbons (Fsp3) is 0.400. The molecule has 1 atom stereocenters. The van der Waals surface area contributed by atoms with Gasteiger partial charge in [0.15, 0.2) is 0 Å². The van der Waals surface area contributed by atoms with Crippen molar-refractivity contribution in [3.05, 3.63) is 70.8 Å². The maximum atomic E-state index is 5.98. The topological polar surface area (TPSA) is 26.0 Å². The molecule has 0 saturated carbocycles. The molecular formula is C20H27N. The third-order valence-corrected chi connectivity index (χ3v) is 4.11. The Morgan fingerprint density at radius 2 is 1.57 bits per heavy atom. The summed E-state index contributed by atoms with van der Waals surface area (Å²) < 4.78 is 0. The summed E-state index contributed by atoms with van der Waals surface area (Å²) in [5.41, 5.74) is 11.5. The van der Waals surface area contributed by atoms with Crippen LogP contribution in [-0.4, -0.2) is 6.54 Å². The minimum Gasteiger partial charge on any atom is -0.330 e. The summed E-state index contributed by atoms with van der Waals surface area (Å²) in [6, 6.07) is 17.8. The highest BCUT2D eigenvalue weighted by atomic mass is 14.5. The lowest BCUT2D eigenvalue weighted by Crippen LogP contribution is -2.19. The molecule has 112 valence electrons. The summed E-state index contributed by atoms with van der Waals surface area (Å²) in [6.07, 6.45) is 2.12. The molecule has 0 aliphatic carbocycles. The van der Waals surface area contributed by atoms with Crippen LogP contribution in [0.3, 0.4) is 0 Å². The summed E-state index contributed by atoms with van der Waals surface area (Å²) >= 11 is 0. The van der Waals surface area contributed by atoms with Gasteiger partial charge in [0.1, 0.15) is 0 Å². The normalized spacial score (nSPS) is 12.6. The van der Waals surface area contributed by atoms with Crippen LogP contribution in [0.5, 0.6) is 0 Å². The highest BCUT2D eigenvalue weighted by Gasteiger charge is 2.10. The summed E-state index contributed by atoms with van der Waals surface area (Å²) in [6.45, 7) is 7.34. The van der Waals surface area contributed by atoms with Gasteiger partial charge in [-0.3, -0.25) is 0 Å². The van der Waals surface area contributed by atoms with E-state index >= 15 is 0 Å². The molecule has 2 aromatic carbocycles. The van der Waals surface area contributed by atoms with Gasteiger partial charge in [0.05, 0.1) is 0 Å². The van der Waals surface area contributed by atoms with Crippen LogP contribution in [0.1, 0.15) is 42.0 Å². The third kappa shape index (κ3) is 4.71. The van der Waals surface area contributed by atoms with Gasteiger partial charge >= 0.3 is 0 Å². The zero-order chi connectivity index (χ0) is 15.2. The molecule has 0 aromatic heterocycles. The Kier molecular flexibility index (Phi) is 5.58. The molecule has 1 unspecified atom stereocenters. The Hall–Kier alpha value is -1.60. The van der Waals surface area contributed by atoms with E-state index in [9.17, 15) is 0 Å². The predicted octanol–water partition coefficient (Wildman–Crippen LogP) is 4.48. The maximum absolute atomic E-state index is 5.98. The quantitative estimate of drug-likeness (QED) is 0.830. The standard InChI is InChI=1S/C20H27N/c1-15(2)20-9-7-17(8-10-20)12-19(14-21)13-18-6-4-5-16(3)11-18/h4-11,15,19H,12-14,21H2,1-3H3. The highest BCUT2D eigenvalue weighted by Crippen LogP contribution is 2.18. The molecule has 21 heavy (non-hydrogen) atoms. The second-order valence-electron chi connectivity index (χ2n) is 6.40. The van der Waals surface area contributed by atoms with Gasteiger partial charge in [0.2, 0.25) is 0 Å². The van der Waals surface area contributed by atoms with Crippen LogP contribution in [0.4, 0.5) is 0 Å². The van der Waals surface area contributed by atoms with Crippen molar-refractivity contribution >= 4 is 0 Å². The number of hydrogen-bond acceptors (Lipinski definition) is 1. The molecule has 1 nitrogen and oxygen atoms in total. The van der Waals surface area contributed by atoms with Gasteiger partial charge in [-0.25, -0.2) is 0 Å². The van der Waals surface area contributed by atoms with E-state index in [2.05, 4.69) is 69.3 Å². The Morgan fingerprint density at radius 1 is 0.905 bits per heavy atom. The predicted molar refractivity (Wildman–Crippen MR) is 91.7 cm³/mol. The lowest BCUT2D eigenvalue weighted by atomic mass is 9.91. The van der Waals surface area contributed by atoms with E-state index < -0.39 is 0 Å². The van der Waals surface area contributed by atoms with E-state index in [4.69, 9.17) is 5.73 Å². The van der Waals surface area contributed by atoms with Crippen molar-refractivity contribution in [3.8, 4) is 0 Å². The zero-order valence-corrected chi connectivity index (χ0v) is 13.5. The minimum absolute atomic E-state index is 0.511. The van der Waals surface area contributed by atoms with Crippen molar-refractivity contribution in [1.82, 2.24) is 0 Å². The van der Waals surface area contributed by atoms with Gasteiger partial charge in [-0.05, 0) is 54.8 Å². The van der Waals surface area contributed by atoms with Gasteiger partial charge in [0, 0.05) is 0 Å². The molecule has 0 saturated heterocycles. The van der Waals surface area contributed by atoms with E-state index in [0.29, 0.717) is 11.8 Å². The van der Waals surface area contributed by atoms with Gasteiger partial charge in [-0.1, -0.05) is 67.9 Å². The lowest BCUT2D eigenvalue weighted by molar-refractivity contribution is 0.533. The monoisotopic (exact) mass is 281 g/mol. The second kappa shape index (κ2) is 7.42. The van der Waals surface area contributed by atoms with Crippen LogP contribution in [0.2, 0.25) is 0 Å². The summed E-state index contributed by atoms with van der Waals surface area (Å²) in [4.78, 5) is 0. The Balaban J connectivity index is 2.01. The maximum Gasteiger partial charge on any atom is -0.00425 e. The molecule has 2 N–H and O–H groups in total. The first-order chi connectivity index (χ1) is 10.1. The molecule has 1 heteroatoms. The van der Waals surface area contributed by atoms with E-state index in [1.54, 1.807) is 0 Å². The average molecular weight is 281 g/mol. The van der Waals surface area contributed by atoms with Crippen molar-refractivity contribution in [3.63, 3.8) is 0 Å². The Labute approximate surface area is 129 Å². The van der Waals surface area contributed by atoms with E-state index in [1.165, 1.54) is 22.3 Å². The van der Waals surface area contributed by atoms with Crippen LogP contribution >= 0.6 is 0 Å². The van der Waals surface area contributed by atoms with Crippen LogP contribution in [0, 0.1) is 12.8 Å². The first-order valence-electron chi connectivity index (χ1n) is 7.93. The van der Waals surface area contributed by atoms with E-state index in [-0.39, 0.29) is 0 Å².